The van der Waals surface area contributed by atoms with Gasteiger partial charge in [-0.2, -0.15) is 0 Å². The van der Waals surface area contributed by atoms with E-state index in [1.165, 1.54) is 9.47 Å². The van der Waals surface area contributed by atoms with Gasteiger partial charge in [0.05, 0.1) is 6.54 Å². The molecule has 0 spiro atoms. The molecule has 0 fully saturated rings. The number of likely N-dealkylation sites (N-methyl/N-ethyl adjacent to an activating group) is 1. The molecular formula is C21H21ClN4O4. The molecule has 0 saturated carbocycles. The summed E-state index contributed by atoms with van der Waals surface area (Å²) >= 11 is 5.84. The van der Waals surface area contributed by atoms with E-state index in [2.05, 4.69) is 4.98 Å². The molecule has 156 valence electrons. The Morgan fingerprint density at radius 2 is 1.80 bits per heavy atom. The van der Waals surface area contributed by atoms with Crippen molar-refractivity contribution in [1.82, 2.24) is 9.55 Å². The molecule has 1 heterocycles. The molecule has 3 rings (SSSR count). The van der Waals surface area contributed by atoms with E-state index in [0.29, 0.717) is 10.8 Å². The maximum absolute atomic E-state index is 12.8. The molecular weight excluding hydrogens is 408 g/mol. The van der Waals surface area contributed by atoms with Crippen LogP contribution in [0.25, 0.3) is 0 Å². The van der Waals surface area contributed by atoms with Gasteiger partial charge >= 0.3 is 5.69 Å². The number of amides is 1. The number of H-pyrrole nitrogens is 1. The first kappa shape index (κ1) is 21.2. The van der Waals surface area contributed by atoms with Crippen molar-refractivity contribution in [3.05, 3.63) is 86.0 Å². The van der Waals surface area contributed by atoms with E-state index in [-0.39, 0.29) is 31.2 Å². The molecule has 0 radical (unpaired) electrons. The number of nitrogens with two attached hydrogens (primary N) is 1. The number of carbonyl (C=O) groups excluding carboxylic acids is 1. The summed E-state index contributed by atoms with van der Waals surface area (Å²) in [4.78, 5) is 41.0. The summed E-state index contributed by atoms with van der Waals surface area (Å²) in [7, 11) is 0. The largest absolute Gasteiger partial charge is 0.484 e. The van der Waals surface area contributed by atoms with Gasteiger partial charge in [0.1, 0.15) is 11.6 Å². The summed E-state index contributed by atoms with van der Waals surface area (Å²) in [6.45, 7) is 1.71. The quantitative estimate of drug-likeness (QED) is 0.599. The van der Waals surface area contributed by atoms with Crippen molar-refractivity contribution in [3.8, 4) is 5.75 Å². The van der Waals surface area contributed by atoms with Gasteiger partial charge in [-0.3, -0.25) is 19.1 Å². The number of rotatable bonds is 7. The van der Waals surface area contributed by atoms with Crippen molar-refractivity contribution in [2.75, 3.05) is 23.8 Å². The summed E-state index contributed by atoms with van der Waals surface area (Å²) in [6.07, 6.45) is 0. The SMILES string of the molecule is CCN(C(=O)COc1ccc(Cl)cc1)c1c(N)n(Cc2ccccc2)c(=O)[nH]c1=O. The second-order valence-corrected chi connectivity index (χ2v) is 6.88. The van der Waals surface area contributed by atoms with Gasteiger partial charge in [-0.15, -0.1) is 0 Å². The zero-order valence-corrected chi connectivity index (χ0v) is 17.1. The predicted molar refractivity (Wildman–Crippen MR) is 116 cm³/mol. The topological polar surface area (TPSA) is 110 Å². The monoisotopic (exact) mass is 428 g/mol. The second-order valence-electron chi connectivity index (χ2n) is 6.45. The number of nitrogens with zero attached hydrogens (tertiary/aromatic N) is 2. The van der Waals surface area contributed by atoms with Crippen LogP contribution in [0.2, 0.25) is 5.02 Å². The van der Waals surface area contributed by atoms with Gasteiger partial charge in [0.2, 0.25) is 0 Å². The van der Waals surface area contributed by atoms with Crippen molar-refractivity contribution >= 4 is 29.0 Å². The fourth-order valence-corrected chi connectivity index (χ4v) is 3.10. The highest BCUT2D eigenvalue weighted by atomic mass is 35.5. The van der Waals surface area contributed by atoms with Crippen LogP contribution in [-0.4, -0.2) is 28.6 Å². The lowest BCUT2D eigenvalue weighted by molar-refractivity contribution is -0.120. The second kappa shape index (κ2) is 9.32. The van der Waals surface area contributed by atoms with Crippen LogP contribution >= 0.6 is 11.6 Å². The van der Waals surface area contributed by atoms with Crippen LogP contribution in [0.1, 0.15) is 12.5 Å². The Hall–Kier alpha value is -3.52. The van der Waals surface area contributed by atoms with Gasteiger partial charge in [-0.05, 0) is 36.8 Å². The third-order valence-corrected chi connectivity index (χ3v) is 4.71. The number of anilines is 2. The molecule has 0 aliphatic carbocycles. The van der Waals surface area contributed by atoms with Crippen molar-refractivity contribution in [2.24, 2.45) is 0 Å². The van der Waals surface area contributed by atoms with Crippen LogP contribution < -0.4 is 26.6 Å². The van der Waals surface area contributed by atoms with E-state index in [0.717, 1.165) is 5.56 Å². The van der Waals surface area contributed by atoms with Crippen molar-refractivity contribution in [1.29, 1.82) is 0 Å². The number of halogens is 1. The Labute approximate surface area is 177 Å². The molecule has 8 nitrogen and oxygen atoms in total. The molecule has 1 amide bonds. The first-order chi connectivity index (χ1) is 14.4. The molecule has 0 aliphatic rings. The number of ether oxygens (including phenoxy) is 1. The normalized spacial score (nSPS) is 10.6. The molecule has 0 bridgehead atoms. The molecule has 3 aromatic rings. The fourth-order valence-electron chi connectivity index (χ4n) is 2.97. The minimum atomic E-state index is -0.733. The van der Waals surface area contributed by atoms with Gasteiger partial charge in [0.15, 0.2) is 12.3 Å². The standard InChI is InChI=1S/C21H21ClN4O4/c1-2-25(17(27)13-30-16-10-8-15(22)9-11-16)18-19(23)26(21(29)24-20(18)28)12-14-6-4-3-5-7-14/h3-11H,2,12-13,23H2,1H3,(H,24,28,29). The molecule has 0 saturated heterocycles. The molecule has 30 heavy (non-hydrogen) atoms. The molecule has 0 aliphatic heterocycles. The van der Waals surface area contributed by atoms with Gasteiger partial charge in [0.25, 0.3) is 11.5 Å². The van der Waals surface area contributed by atoms with Crippen LogP contribution in [0.3, 0.4) is 0 Å². The van der Waals surface area contributed by atoms with Crippen molar-refractivity contribution in [3.63, 3.8) is 0 Å². The average molecular weight is 429 g/mol. The van der Waals surface area contributed by atoms with Gasteiger partial charge < -0.3 is 15.4 Å². The predicted octanol–water partition coefficient (Wildman–Crippen LogP) is 2.25. The summed E-state index contributed by atoms with van der Waals surface area (Å²) in [5.41, 5.74) is 5.52. The van der Waals surface area contributed by atoms with E-state index in [4.69, 9.17) is 22.1 Å². The number of benzene rings is 2. The third-order valence-electron chi connectivity index (χ3n) is 4.46. The molecule has 0 unspecified atom stereocenters. The van der Waals surface area contributed by atoms with Crippen LogP contribution in [0.5, 0.6) is 5.75 Å². The molecule has 1 aromatic heterocycles. The van der Waals surface area contributed by atoms with Crippen molar-refractivity contribution < 1.29 is 9.53 Å². The number of nitrogens with one attached hydrogen (secondary N) is 1. The minimum absolute atomic E-state index is 0.0854. The smallest absolute Gasteiger partial charge is 0.330 e. The number of aromatic nitrogens is 2. The molecule has 3 N–H and O–H groups in total. The average Bonchev–Trinajstić information content (AvgIpc) is 2.74. The minimum Gasteiger partial charge on any atom is -0.484 e. The maximum Gasteiger partial charge on any atom is 0.330 e. The number of carbonyl (C=O) groups is 1. The molecule has 9 heteroatoms. The number of nitrogen functional groups attached to an aromatic ring is 1. The Kier molecular flexibility index (Phi) is 6.58. The lowest BCUT2D eigenvalue weighted by Crippen LogP contribution is -2.42. The number of aromatic amines is 1. The Morgan fingerprint density at radius 3 is 2.43 bits per heavy atom. The van der Waals surface area contributed by atoms with Gasteiger partial charge in [-0.25, -0.2) is 4.79 Å². The lowest BCUT2D eigenvalue weighted by atomic mass is 10.2. The highest BCUT2D eigenvalue weighted by molar-refractivity contribution is 6.30. The van der Waals surface area contributed by atoms with E-state index in [9.17, 15) is 14.4 Å². The van der Waals surface area contributed by atoms with Crippen LogP contribution in [0.4, 0.5) is 11.5 Å². The first-order valence-electron chi connectivity index (χ1n) is 9.26. The summed E-state index contributed by atoms with van der Waals surface area (Å²) in [5, 5.41) is 0.545. The zero-order chi connectivity index (χ0) is 21.7. The highest BCUT2D eigenvalue weighted by Crippen LogP contribution is 2.19. The maximum atomic E-state index is 12.8. The molecule has 0 atom stereocenters. The lowest BCUT2D eigenvalue weighted by Gasteiger charge is -2.23. The van der Waals surface area contributed by atoms with E-state index >= 15 is 0 Å². The summed E-state index contributed by atoms with van der Waals surface area (Å²) in [6, 6.07) is 15.7. The number of hydrogen-bond acceptors (Lipinski definition) is 5. The van der Waals surface area contributed by atoms with Crippen LogP contribution in [-0.2, 0) is 11.3 Å². The van der Waals surface area contributed by atoms with E-state index in [1.807, 2.05) is 30.3 Å². The molecule has 2 aromatic carbocycles. The zero-order valence-electron chi connectivity index (χ0n) is 16.3. The Bertz CT molecular complexity index is 1140. The summed E-state index contributed by atoms with van der Waals surface area (Å²) in [5.74, 6) is -0.108. The Balaban J connectivity index is 1.88. The van der Waals surface area contributed by atoms with Crippen molar-refractivity contribution in [2.45, 2.75) is 13.5 Å². The van der Waals surface area contributed by atoms with Gasteiger partial charge in [0, 0.05) is 11.6 Å². The summed E-state index contributed by atoms with van der Waals surface area (Å²) < 4.78 is 6.71. The van der Waals surface area contributed by atoms with E-state index < -0.39 is 17.2 Å². The third kappa shape index (κ3) is 4.72. The fraction of sp³-hybridized carbons (Fsp3) is 0.190. The Morgan fingerprint density at radius 1 is 1.13 bits per heavy atom. The van der Waals surface area contributed by atoms with Crippen LogP contribution in [0, 0.1) is 0 Å². The first-order valence-corrected chi connectivity index (χ1v) is 9.63. The van der Waals surface area contributed by atoms with Crippen LogP contribution in [0.15, 0.2) is 64.2 Å². The van der Waals surface area contributed by atoms with E-state index in [1.54, 1.807) is 31.2 Å². The van der Waals surface area contributed by atoms with Gasteiger partial charge in [-0.1, -0.05) is 41.9 Å². The highest BCUT2D eigenvalue weighted by Gasteiger charge is 2.23. The number of hydrogen-bond donors (Lipinski definition) is 2.